The maximum atomic E-state index is 14.1. The number of methoxy groups -OCH3 is 1. The highest BCUT2D eigenvalue weighted by Crippen LogP contribution is 2.53. The molecule has 7 N–H and O–H groups in total. The van der Waals surface area contributed by atoms with E-state index in [0.717, 1.165) is 22.3 Å². The number of rotatable bonds is 18. The lowest BCUT2D eigenvalue weighted by molar-refractivity contribution is -0.261. The first-order valence-corrected chi connectivity index (χ1v) is 29.0. The predicted molar refractivity (Wildman–Crippen MR) is 309 cm³/mol. The first kappa shape index (κ1) is 60.4. The molecular weight excluding hydrogens is 1130 g/mol. The zero-order chi connectivity index (χ0) is 61.6. The number of morpholine rings is 1. The third kappa shape index (κ3) is 11.7. The average molecular weight is 1200 g/mol. The minimum absolute atomic E-state index is 0.0216. The number of Topliss-reactive ketones (excluding diaryl/α,β-unsaturated/α-hetero) is 1. The lowest BCUT2D eigenvalue weighted by Gasteiger charge is -2.43. The van der Waals surface area contributed by atoms with Crippen LogP contribution in [-0.4, -0.2) is 156 Å². The van der Waals surface area contributed by atoms with Gasteiger partial charge in [-0.3, -0.25) is 28.9 Å². The molecule has 0 saturated carbocycles. The van der Waals surface area contributed by atoms with E-state index in [4.69, 9.17) is 37.9 Å². The molecule has 0 spiro atoms. The SMILES string of the molecule is COc1cccc2c1C(=O)c1c(O)c3c(c(O)c1C2=O)C[C@@](O)(C(C)=O)C[C@@H]3O[C@H]1C[C@H]2[C@H](O[C@@H]3[C@@H](OCCNC(=O)OCc4ccc(NC(=O)[C@H](C)NC(=O)[C@@H](NC(=O)OCC5c6ccccc6-c6ccccc65)C(C)C)cc4)OCCN32)[C@H](C)O1. The summed E-state index contributed by atoms with van der Waals surface area (Å²) in [7, 11) is 1.34. The molecule has 3 aliphatic carbocycles. The number of nitrogens with one attached hydrogen (secondary N) is 4. The molecule has 6 aliphatic rings. The number of benzene rings is 5. The Balaban J connectivity index is 0.628. The Hall–Kier alpha value is -8.29. The third-order valence-corrected chi connectivity index (χ3v) is 17.2. The van der Waals surface area contributed by atoms with Gasteiger partial charge in [0, 0.05) is 66.7 Å². The van der Waals surface area contributed by atoms with Crippen molar-refractivity contribution in [2.75, 3.05) is 45.3 Å². The van der Waals surface area contributed by atoms with E-state index < -0.39 is 125 Å². The monoisotopic (exact) mass is 1200 g/mol. The minimum Gasteiger partial charge on any atom is -0.507 e. The summed E-state index contributed by atoms with van der Waals surface area (Å²) in [6, 6.07) is 24.7. The zero-order valence-corrected chi connectivity index (χ0v) is 48.8. The zero-order valence-electron chi connectivity index (χ0n) is 48.8. The molecule has 3 aliphatic heterocycles. The van der Waals surface area contributed by atoms with E-state index in [-0.39, 0.29) is 91.7 Å². The van der Waals surface area contributed by atoms with Crippen molar-refractivity contribution in [2.24, 2.45) is 5.92 Å². The number of hydrogen-bond acceptors (Lipinski definition) is 19. The van der Waals surface area contributed by atoms with Crippen LogP contribution in [-0.2, 0) is 60.6 Å². The molecule has 4 amide bonds. The fourth-order valence-electron chi connectivity index (χ4n) is 12.7. The van der Waals surface area contributed by atoms with Gasteiger partial charge >= 0.3 is 12.2 Å². The van der Waals surface area contributed by atoms with Gasteiger partial charge in [0.05, 0.1) is 49.2 Å². The van der Waals surface area contributed by atoms with Gasteiger partial charge in [-0.2, -0.15) is 0 Å². The van der Waals surface area contributed by atoms with Crippen molar-refractivity contribution in [3.05, 3.63) is 141 Å². The number of ketones is 3. The van der Waals surface area contributed by atoms with Crippen LogP contribution < -0.4 is 26.0 Å². The van der Waals surface area contributed by atoms with Crippen molar-refractivity contribution in [1.29, 1.82) is 0 Å². The minimum atomic E-state index is -2.08. The fourth-order valence-corrected chi connectivity index (χ4v) is 12.7. The number of anilines is 1. The van der Waals surface area contributed by atoms with Crippen molar-refractivity contribution in [3.63, 3.8) is 0 Å². The summed E-state index contributed by atoms with van der Waals surface area (Å²) in [5, 5.41) is 46.3. The summed E-state index contributed by atoms with van der Waals surface area (Å²) in [6.07, 6.45) is -7.01. The number of alkyl carbamates (subject to hydrolysis) is 2. The molecule has 11 rings (SSSR count). The lowest BCUT2D eigenvalue weighted by Crippen LogP contribution is -2.55. The Morgan fingerprint density at radius 1 is 0.793 bits per heavy atom. The number of carbonyl (C=O) groups is 7. The Labute approximate surface area is 500 Å². The second-order valence-corrected chi connectivity index (χ2v) is 23.0. The van der Waals surface area contributed by atoms with Crippen LogP contribution in [0.3, 0.4) is 0 Å². The van der Waals surface area contributed by atoms with Crippen molar-refractivity contribution in [1.82, 2.24) is 20.9 Å². The summed E-state index contributed by atoms with van der Waals surface area (Å²) in [6.45, 7) is 8.86. The van der Waals surface area contributed by atoms with Gasteiger partial charge in [-0.1, -0.05) is 86.6 Å². The number of hydrogen-bond donors (Lipinski definition) is 7. The number of phenols is 2. The topological polar surface area (TPSA) is 305 Å². The van der Waals surface area contributed by atoms with E-state index in [9.17, 15) is 48.9 Å². The predicted octanol–water partition coefficient (Wildman–Crippen LogP) is 6.04. The Morgan fingerprint density at radius 2 is 1.48 bits per heavy atom. The molecule has 0 unspecified atom stereocenters. The average Bonchev–Trinajstić information content (AvgIpc) is 1.53. The molecule has 23 heteroatoms. The van der Waals surface area contributed by atoms with E-state index in [1.54, 1.807) is 45.0 Å². The molecule has 3 heterocycles. The van der Waals surface area contributed by atoms with Crippen molar-refractivity contribution >= 4 is 47.0 Å². The molecular formula is C64H69N5O18. The number of aromatic hydroxyl groups is 2. The van der Waals surface area contributed by atoms with Crippen molar-refractivity contribution < 1.29 is 86.8 Å². The molecule has 23 nitrogen and oxygen atoms in total. The van der Waals surface area contributed by atoms with Gasteiger partial charge in [-0.25, -0.2) is 9.59 Å². The smallest absolute Gasteiger partial charge is 0.407 e. The second-order valence-electron chi connectivity index (χ2n) is 23.0. The number of ether oxygens (including phenoxy) is 8. The van der Waals surface area contributed by atoms with Crippen LogP contribution in [0, 0.1) is 5.92 Å². The summed E-state index contributed by atoms with van der Waals surface area (Å²) in [4.78, 5) is 95.7. The normalized spacial score (nSPS) is 24.2. The van der Waals surface area contributed by atoms with E-state index in [1.807, 2.05) is 48.5 Å². The highest BCUT2D eigenvalue weighted by atomic mass is 16.7. The maximum absolute atomic E-state index is 14.1. The molecule has 0 bridgehead atoms. The van der Waals surface area contributed by atoms with Gasteiger partial charge in [0.15, 0.2) is 30.4 Å². The van der Waals surface area contributed by atoms with Crippen LogP contribution in [0.25, 0.3) is 11.1 Å². The molecule has 3 saturated heterocycles. The van der Waals surface area contributed by atoms with Crippen LogP contribution in [0.1, 0.15) is 119 Å². The number of amides is 4. The van der Waals surface area contributed by atoms with Gasteiger partial charge in [0.25, 0.3) is 0 Å². The van der Waals surface area contributed by atoms with Crippen LogP contribution in [0.4, 0.5) is 15.3 Å². The molecule has 87 heavy (non-hydrogen) atoms. The lowest BCUT2D eigenvalue weighted by atomic mass is 9.72. The molecule has 3 fully saturated rings. The third-order valence-electron chi connectivity index (χ3n) is 17.2. The molecule has 10 atom stereocenters. The van der Waals surface area contributed by atoms with Crippen LogP contribution >= 0.6 is 0 Å². The second kappa shape index (κ2) is 24.8. The van der Waals surface area contributed by atoms with Gasteiger partial charge in [-0.15, -0.1) is 0 Å². The largest absolute Gasteiger partial charge is 0.507 e. The van der Waals surface area contributed by atoms with Crippen molar-refractivity contribution in [3.8, 4) is 28.4 Å². The van der Waals surface area contributed by atoms with E-state index >= 15 is 0 Å². The number of phenolic OH excluding ortho intramolecular Hbond substituents is 2. The first-order valence-electron chi connectivity index (χ1n) is 29.0. The van der Waals surface area contributed by atoms with Gasteiger partial charge in [0.1, 0.15) is 54.3 Å². The van der Waals surface area contributed by atoms with Gasteiger partial charge in [-0.05, 0) is 72.7 Å². The van der Waals surface area contributed by atoms with Gasteiger partial charge < -0.3 is 74.5 Å². The maximum Gasteiger partial charge on any atom is 0.407 e. The van der Waals surface area contributed by atoms with E-state index in [2.05, 4.69) is 26.2 Å². The summed E-state index contributed by atoms with van der Waals surface area (Å²) >= 11 is 0. The number of aliphatic hydroxyl groups is 1. The molecule has 0 aromatic heterocycles. The van der Waals surface area contributed by atoms with Crippen molar-refractivity contribution in [2.45, 2.75) is 127 Å². The number of carbonyl (C=O) groups excluding carboxylic acids is 7. The van der Waals surface area contributed by atoms with Crippen LogP contribution in [0.2, 0.25) is 0 Å². The van der Waals surface area contributed by atoms with E-state index in [0.29, 0.717) is 17.8 Å². The molecule has 5 aromatic rings. The summed E-state index contributed by atoms with van der Waals surface area (Å²) < 4.78 is 48.0. The standard InChI is InChI=1S/C64H69N5O18/c1-31(2)52(68-63(78)84-30-43-39-14-9-7-12-37(39)38-13-8-10-15-40(38)43)59(76)66-32(3)58(75)67-36-20-18-35(19-21-36)29-83-62(77)65-22-24-81-61-60-69(23-25-82-61)44-26-47(85-33(4)57(44)87-60)86-46-28-64(79,34(5)70)27-42-49(46)56(74)51-50(54(42)72)53(71)41-16-11-17-45(80-6)48(41)55(51)73/h7-21,31-33,43-44,46-47,52,57,60-61,72,74,79H,22-30H2,1-6H3,(H,65,77)(H,66,76)(H,67,75)(H,68,78)/t32-,33-,44-,46-,47-,52-,57+,60+,61-,64-/m0/s1. The molecule has 458 valence electrons. The molecule has 5 aromatic carbocycles. The molecule has 0 radical (unpaired) electrons. The summed E-state index contributed by atoms with van der Waals surface area (Å²) in [5.41, 5.74) is 2.10. The Bertz CT molecular complexity index is 3490. The number of nitrogens with zero attached hydrogens (tertiary/aromatic N) is 1. The van der Waals surface area contributed by atoms with Gasteiger partial charge in [0.2, 0.25) is 17.6 Å². The first-order chi connectivity index (χ1) is 41.7. The Kier molecular flexibility index (Phi) is 17.2. The highest BCUT2D eigenvalue weighted by molar-refractivity contribution is 6.31. The fraction of sp³-hybridized carbons (Fsp3) is 0.422. The van der Waals surface area contributed by atoms with Crippen LogP contribution in [0.15, 0.2) is 91.0 Å². The van der Waals surface area contributed by atoms with Crippen LogP contribution in [0.5, 0.6) is 17.2 Å². The highest BCUT2D eigenvalue weighted by Gasteiger charge is 2.55. The summed E-state index contributed by atoms with van der Waals surface area (Å²) in [5.74, 6) is -4.86. The Morgan fingerprint density at radius 3 is 2.17 bits per heavy atom. The number of fused-ring (bicyclic) bond motifs is 9. The quantitative estimate of drug-likeness (QED) is 0.0381. The van der Waals surface area contributed by atoms with E-state index in [1.165, 1.54) is 39.2 Å².